The average molecular weight is 742 g/mol. The second kappa shape index (κ2) is 16.6. The Morgan fingerprint density at radius 2 is 1.92 bits per heavy atom. The third-order valence-electron chi connectivity index (χ3n) is 9.21. The topological polar surface area (TPSA) is 201 Å². The molecule has 282 valence electrons. The standard InChI is InChI=1S/C36H47N5O10S/c1-6-12-28(30(42)39-52(48,49)51-36(5)18-19-36)37-31(43)29-16-11-20-41(29)32(44)27(7-2)38-33(45)50-23-35(3,4)17-9-8-13-24-14-10-15-25-21-40(34(46)47)22-26(24)25/h2,6,8,10,13-15,27-29H,1,9,11-12,16-23H2,3-5H3,(H,37,43)(H,38,45)(H,39,42)(H,46,47). The number of carbonyl (C=O) groups excluding carboxylic acids is 4. The van der Waals surface area contributed by atoms with Gasteiger partial charge in [0.05, 0.1) is 18.8 Å². The minimum Gasteiger partial charge on any atom is -0.465 e. The molecule has 2 fully saturated rings. The first-order valence-electron chi connectivity index (χ1n) is 17.1. The van der Waals surface area contributed by atoms with Gasteiger partial charge in [0.25, 0.3) is 11.8 Å². The van der Waals surface area contributed by atoms with E-state index in [1.54, 1.807) is 6.92 Å². The molecule has 1 aromatic rings. The molecule has 0 radical (unpaired) electrons. The molecule has 2 aliphatic heterocycles. The van der Waals surface area contributed by atoms with Gasteiger partial charge in [0.15, 0.2) is 6.04 Å². The number of alkyl carbamates (subject to hydrolysis) is 1. The van der Waals surface area contributed by atoms with E-state index >= 15 is 0 Å². The zero-order valence-corrected chi connectivity index (χ0v) is 30.5. The van der Waals surface area contributed by atoms with Crippen molar-refractivity contribution in [3.8, 4) is 12.3 Å². The second-order valence-corrected chi connectivity index (χ2v) is 15.6. The van der Waals surface area contributed by atoms with Crippen LogP contribution in [-0.2, 0) is 46.7 Å². The summed E-state index contributed by atoms with van der Waals surface area (Å²) in [6, 6.07) is 1.99. The van der Waals surface area contributed by atoms with Gasteiger partial charge in [-0.15, -0.1) is 13.0 Å². The van der Waals surface area contributed by atoms with Crippen LogP contribution in [0.2, 0.25) is 0 Å². The lowest BCUT2D eigenvalue weighted by atomic mass is 9.88. The Hall–Kier alpha value is -4.88. The number of fused-ring (bicyclic) bond motifs is 1. The van der Waals surface area contributed by atoms with Crippen molar-refractivity contribution in [1.29, 1.82) is 0 Å². The van der Waals surface area contributed by atoms with Crippen LogP contribution in [0.1, 0.15) is 82.4 Å². The van der Waals surface area contributed by atoms with Crippen LogP contribution >= 0.6 is 0 Å². The summed E-state index contributed by atoms with van der Waals surface area (Å²) in [4.78, 5) is 66.2. The molecule has 2 heterocycles. The molecule has 1 aromatic carbocycles. The molecule has 4 N–H and O–H groups in total. The van der Waals surface area contributed by atoms with Crippen molar-refractivity contribution >= 4 is 46.3 Å². The first-order valence-corrected chi connectivity index (χ1v) is 18.5. The van der Waals surface area contributed by atoms with E-state index < -0.39 is 69.4 Å². The monoisotopic (exact) mass is 741 g/mol. The number of nitrogens with one attached hydrogen (secondary N) is 3. The van der Waals surface area contributed by atoms with Crippen LogP contribution in [0, 0.1) is 17.8 Å². The van der Waals surface area contributed by atoms with Crippen LogP contribution in [0.4, 0.5) is 9.59 Å². The van der Waals surface area contributed by atoms with Gasteiger partial charge in [-0.3, -0.25) is 24.6 Å². The molecule has 16 heteroatoms. The van der Waals surface area contributed by atoms with Crippen molar-refractivity contribution in [3.63, 3.8) is 0 Å². The number of amides is 5. The number of hydrogen-bond donors (Lipinski definition) is 4. The highest BCUT2D eigenvalue weighted by molar-refractivity contribution is 7.85. The Labute approximate surface area is 304 Å². The number of terminal acetylenes is 1. The Kier molecular flexibility index (Phi) is 12.8. The largest absolute Gasteiger partial charge is 0.465 e. The molecule has 0 aromatic heterocycles. The quantitative estimate of drug-likeness (QED) is 0.144. The number of likely N-dealkylation sites (tertiary alicyclic amines) is 1. The van der Waals surface area contributed by atoms with Gasteiger partial charge in [-0.2, -0.15) is 8.42 Å². The minimum atomic E-state index is -4.42. The van der Waals surface area contributed by atoms with E-state index in [1.807, 2.05) is 48.9 Å². The Bertz CT molecular complexity index is 1750. The molecule has 0 spiro atoms. The maximum Gasteiger partial charge on any atom is 0.408 e. The normalized spacial score (nSPS) is 18.8. The summed E-state index contributed by atoms with van der Waals surface area (Å²) in [7, 11) is -4.42. The number of nitrogens with zero attached hydrogens (tertiary/aromatic N) is 2. The van der Waals surface area contributed by atoms with Gasteiger partial charge in [0.1, 0.15) is 12.1 Å². The lowest BCUT2D eigenvalue weighted by Crippen LogP contribution is -2.56. The van der Waals surface area contributed by atoms with Gasteiger partial charge in [0.2, 0.25) is 5.91 Å². The van der Waals surface area contributed by atoms with Crippen molar-refractivity contribution in [1.82, 2.24) is 25.2 Å². The summed E-state index contributed by atoms with van der Waals surface area (Å²) in [5.74, 6) is -0.190. The molecule has 4 rings (SSSR count). The van der Waals surface area contributed by atoms with Crippen molar-refractivity contribution in [2.24, 2.45) is 5.41 Å². The predicted octanol–water partition coefficient (Wildman–Crippen LogP) is 3.21. The average Bonchev–Trinajstić information content (AvgIpc) is 3.42. The van der Waals surface area contributed by atoms with Crippen molar-refractivity contribution in [2.45, 2.75) is 103 Å². The molecule has 52 heavy (non-hydrogen) atoms. The first-order chi connectivity index (χ1) is 24.5. The van der Waals surface area contributed by atoms with Crippen LogP contribution in [0.3, 0.4) is 0 Å². The summed E-state index contributed by atoms with van der Waals surface area (Å²) >= 11 is 0. The maximum absolute atomic E-state index is 13.4. The lowest BCUT2D eigenvalue weighted by Gasteiger charge is -2.28. The number of rotatable bonds is 16. The van der Waals surface area contributed by atoms with Gasteiger partial charge in [-0.25, -0.2) is 18.5 Å². The number of ether oxygens (including phenoxy) is 1. The molecule has 1 aliphatic carbocycles. The van der Waals surface area contributed by atoms with Crippen molar-refractivity contribution < 1.29 is 46.4 Å². The van der Waals surface area contributed by atoms with E-state index in [4.69, 9.17) is 15.3 Å². The molecular weight excluding hydrogens is 694 g/mol. The molecule has 15 nitrogen and oxygen atoms in total. The molecule has 1 saturated carbocycles. The summed E-state index contributed by atoms with van der Waals surface area (Å²) < 4.78 is 36.9. The fourth-order valence-corrected chi connectivity index (χ4v) is 7.09. The number of carboxylic acid groups (broad SMARTS) is 1. The van der Waals surface area contributed by atoms with Gasteiger partial charge in [-0.05, 0) is 74.0 Å². The Morgan fingerprint density at radius 1 is 1.19 bits per heavy atom. The lowest BCUT2D eigenvalue weighted by molar-refractivity contribution is -0.139. The highest BCUT2D eigenvalue weighted by Crippen LogP contribution is 2.39. The summed E-state index contributed by atoms with van der Waals surface area (Å²) in [6.45, 7) is 9.90. The highest BCUT2D eigenvalue weighted by Gasteiger charge is 2.44. The number of hydrogen-bond acceptors (Lipinski definition) is 9. The summed E-state index contributed by atoms with van der Waals surface area (Å²) in [5.41, 5.74) is 1.62. The highest BCUT2D eigenvalue weighted by atomic mass is 32.2. The molecule has 3 unspecified atom stereocenters. The molecule has 1 saturated heterocycles. The van der Waals surface area contributed by atoms with Crippen LogP contribution in [0.25, 0.3) is 6.08 Å². The van der Waals surface area contributed by atoms with E-state index in [1.165, 1.54) is 15.9 Å². The van der Waals surface area contributed by atoms with E-state index in [-0.39, 0.29) is 26.0 Å². The van der Waals surface area contributed by atoms with Crippen LogP contribution < -0.4 is 15.4 Å². The smallest absolute Gasteiger partial charge is 0.408 e. The Balaban J connectivity index is 1.26. The zero-order chi connectivity index (χ0) is 38.3. The zero-order valence-electron chi connectivity index (χ0n) is 29.7. The third-order valence-corrected chi connectivity index (χ3v) is 10.3. The molecule has 5 amide bonds. The van der Waals surface area contributed by atoms with Crippen LogP contribution in [0.5, 0.6) is 0 Å². The van der Waals surface area contributed by atoms with Crippen molar-refractivity contribution in [3.05, 3.63) is 53.6 Å². The van der Waals surface area contributed by atoms with Crippen LogP contribution in [0.15, 0.2) is 36.9 Å². The van der Waals surface area contributed by atoms with Gasteiger partial charge < -0.3 is 20.1 Å². The van der Waals surface area contributed by atoms with E-state index in [2.05, 4.69) is 23.1 Å². The number of allylic oxidation sites excluding steroid dienone is 1. The first kappa shape index (κ1) is 39.9. The molecule has 0 bridgehead atoms. The van der Waals surface area contributed by atoms with Crippen LogP contribution in [-0.4, -0.2) is 90.1 Å². The maximum atomic E-state index is 13.4. The second-order valence-electron chi connectivity index (χ2n) is 14.3. The Morgan fingerprint density at radius 3 is 2.58 bits per heavy atom. The number of carbonyl (C=O) groups is 5. The van der Waals surface area contributed by atoms with Gasteiger partial charge in [0, 0.05) is 13.1 Å². The summed E-state index contributed by atoms with van der Waals surface area (Å²) in [6.07, 6.45) is 12.0. The third kappa shape index (κ3) is 10.8. The van der Waals surface area contributed by atoms with Gasteiger partial charge >= 0.3 is 22.5 Å². The molecule has 3 aliphatic rings. The SMILES string of the molecule is C#CC(NC(=O)OCC(C)(C)CCC=Cc1cccc2c1CN(C(=O)O)C2)C(=O)N1CCCC1C(=O)NC(CC=C)C(=O)NS(=O)(=O)OC1(C)CC1. The number of benzene rings is 1. The minimum absolute atomic E-state index is 0.0218. The van der Waals surface area contributed by atoms with E-state index in [9.17, 15) is 37.5 Å². The van der Waals surface area contributed by atoms with E-state index in [0.29, 0.717) is 45.2 Å². The van der Waals surface area contributed by atoms with Gasteiger partial charge in [-0.1, -0.05) is 56.2 Å². The fourth-order valence-electron chi connectivity index (χ4n) is 5.97. The fraction of sp³-hybridized carbons (Fsp3) is 0.528. The molecular formula is C36H47N5O10S. The predicted molar refractivity (Wildman–Crippen MR) is 190 cm³/mol. The molecule has 3 atom stereocenters. The summed E-state index contributed by atoms with van der Waals surface area (Å²) in [5, 5.41) is 14.2. The van der Waals surface area contributed by atoms with Crippen molar-refractivity contribution in [2.75, 3.05) is 13.2 Å². The van der Waals surface area contributed by atoms with E-state index in [0.717, 1.165) is 16.7 Å².